The SMILES string of the molecule is COCC(=O)N[C@@H]1CN(C(=O)c2cc3occc3[nH]2)C[C@H]1c1nccn1C. The van der Waals surface area contributed by atoms with Crippen molar-refractivity contribution in [3.05, 3.63) is 42.3 Å². The molecule has 27 heavy (non-hydrogen) atoms. The van der Waals surface area contributed by atoms with Crippen LogP contribution < -0.4 is 5.32 Å². The first-order valence-corrected chi connectivity index (χ1v) is 8.68. The van der Waals surface area contributed by atoms with Gasteiger partial charge in [-0.2, -0.15) is 0 Å². The lowest BCUT2D eigenvalue weighted by molar-refractivity contribution is -0.125. The Morgan fingerprint density at radius 1 is 1.44 bits per heavy atom. The van der Waals surface area contributed by atoms with Gasteiger partial charge in [0.15, 0.2) is 5.58 Å². The second-order valence-corrected chi connectivity index (χ2v) is 6.70. The van der Waals surface area contributed by atoms with Gasteiger partial charge in [-0.25, -0.2) is 4.98 Å². The van der Waals surface area contributed by atoms with E-state index in [-0.39, 0.29) is 30.4 Å². The molecule has 1 aliphatic heterocycles. The topological polar surface area (TPSA) is 105 Å². The minimum Gasteiger partial charge on any atom is -0.463 e. The van der Waals surface area contributed by atoms with Gasteiger partial charge in [-0.3, -0.25) is 9.59 Å². The molecule has 3 aromatic heterocycles. The summed E-state index contributed by atoms with van der Waals surface area (Å²) < 4.78 is 12.1. The standard InChI is InChI=1S/C18H21N5O4/c1-22-5-4-19-17(22)11-8-23(9-14(11)21-16(24)10-26-2)18(25)13-7-15-12(20-13)3-6-27-15/h3-7,11,14,20H,8-10H2,1-2H3,(H,21,24)/t11-,14-/m1/s1. The van der Waals surface area contributed by atoms with Crippen molar-refractivity contribution in [3.8, 4) is 0 Å². The van der Waals surface area contributed by atoms with Crippen LogP contribution in [-0.2, 0) is 16.6 Å². The number of imidazole rings is 1. The molecule has 2 atom stereocenters. The number of nitrogens with one attached hydrogen (secondary N) is 2. The molecule has 0 aliphatic carbocycles. The molecule has 1 fully saturated rings. The van der Waals surface area contributed by atoms with Crippen LogP contribution in [0.5, 0.6) is 0 Å². The van der Waals surface area contributed by atoms with Gasteiger partial charge < -0.3 is 28.9 Å². The first kappa shape index (κ1) is 17.3. The Kier molecular flexibility index (Phi) is 4.44. The minimum absolute atomic E-state index is 0.0231. The van der Waals surface area contributed by atoms with Crippen molar-refractivity contribution in [1.29, 1.82) is 0 Å². The molecule has 1 aliphatic rings. The van der Waals surface area contributed by atoms with Gasteiger partial charge in [0.2, 0.25) is 5.91 Å². The average Bonchev–Trinajstić information content (AvgIpc) is 3.37. The molecule has 142 valence electrons. The number of likely N-dealkylation sites (tertiary alicyclic amines) is 1. The van der Waals surface area contributed by atoms with Crippen molar-refractivity contribution in [3.63, 3.8) is 0 Å². The van der Waals surface area contributed by atoms with Crippen molar-refractivity contribution in [2.75, 3.05) is 26.8 Å². The Balaban J connectivity index is 1.57. The summed E-state index contributed by atoms with van der Waals surface area (Å²) in [5, 5.41) is 2.96. The average molecular weight is 371 g/mol. The summed E-state index contributed by atoms with van der Waals surface area (Å²) in [6, 6.07) is 3.24. The third-order valence-electron chi connectivity index (χ3n) is 4.89. The molecule has 0 bridgehead atoms. The van der Waals surface area contributed by atoms with Crippen molar-refractivity contribution in [2.24, 2.45) is 7.05 Å². The zero-order valence-electron chi connectivity index (χ0n) is 15.1. The molecule has 2 N–H and O–H groups in total. The summed E-state index contributed by atoms with van der Waals surface area (Å²) in [6.07, 6.45) is 5.14. The fourth-order valence-corrected chi connectivity index (χ4v) is 3.63. The lowest BCUT2D eigenvalue weighted by Gasteiger charge is -2.19. The Hall–Kier alpha value is -3.07. The van der Waals surface area contributed by atoms with E-state index < -0.39 is 0 Å². The molecule has 1 saturated heterocycles. The van der Waals surface area contributed by atoms with E-state index in [0.29, 0.717) is 24.4 Å². The summed E-state index contributed by atoms with van der Waals surface area (Å²) in [5.41, 5.74) is 1.89. The van der Waals surface area contributed by atoms with E-state index in [1.165, 1.54) is 7.11 Å². The van der Waals surface area contributed by atoms with Gasteiger partial charge >= 0.3 is 0 Å². The van der Waals surface area contributed by atoms with Crippen LogP contribution in [0.25, 0.3) is 11.1 Å². The number of nitrogens with zero attached hydrogens (tertiary/aromatic N) is 3. The van der Waals surface area contributed by atoms with Crippen LogP contribution >= 0.6 is 0 Å². The highest BCUT2D eigenvalue weighted by atomic mass is 16.5. The second-order valence-electron chi connectivity index (χ2n) is 6.70. The minimum atomic E-state index is -0.240. The summed E-state index contributed by atoms with van der Waals surface area (Å²) in [6.45, 7) is 0.832. The van der Waals surface area contributed by atoms with E-state index in [4.69, 9.17) is 9.15 Å². The van der Waals surface area contributed by atoms with Crippen LogP contribution in [0.1, 0.15) is 22.2 Å². The molecule has 4 rings (SSSR count). The monoisotopic (exact) mass is 371 g/mol. The third-order valence-corrected chi connectivity index (χ3v) is 4.89. The number of rotatable bonds is 5. The van der Waals surface area contributed by atoms with Gasteiger partial charge in [0.05, 0.1) is 23.7 Å². The molecule has 9 heteroatoms. The highest BCUT2D eigenvalue weighted by Gasteiger charge is 2.39. The zero-order valence-corrected chi connectivity index (χ0v) is 15.1. The van der Waals surface area contributed by atoms with Crippen molar-refractivity contribution >= 4 is 22.9 Å². The highest BCUT2D eigenvalue weighted by molar-refractivity contribution is 5.97. The van der Waals surface area contributed by atoms with Crippen LogP contribution in [0.4, 0.5) is 0 Å². The molecule has 2 amide bonds. The molecular formula is C18H21N5O4. The van der Waals surface area contributed by atoms with E-state index in [2.05, 4.69) is 15.3 Å². The van der Waals surface area contributed by atoms with Gasteiger partial charge in [0.1, 0.15) is 18.1 Å². The number of methoxy groups -OCH3 is 1. The molecule has 0 unspecified atom stereocenters. The van der Waals surface area contributed by atoms with Crippen molar-refractivity contribution < 1.29 is 18.7 Å². The van der Waals surface area contributed by atoms with E-state index in [0.717, 1.165) is 11.3 Å². The summed E-state index contributed by atoms with van der Waals surface area (Å²) >= 11 is 0. The molecule has 0 aromatic carbocycles. The number of hydrogen-bond donors (Lipinski definition) is 2. The third kappa shape index (κ3) is 3.21. The van der Waals surface area contributed by atoms with Gasteiger partial charge in [-0.05, 0) is 0 Å². The molecule has 0 radical (unpaired) electrons. The van der Waals surface area contributed by atoms with Gasteiger partial charge in [0.25, 0.3) is 5.91 Å². The smallest absolute Gasteiger partial charge is 0.270 e. The second kappa shape index (κ2) is 6.92. The number of fused-ring (bicyclic) bond motifs is 1. The molecule has 0 saturated carbocycles. The number of H-pyrrole nitrogens is 1. The molecule has 9 nitrogen and oxygen atoms in total. The Morgan fingerprint density at radius 3 is 3.00 bits per heavy atom. The van der Waals surface area contributed by atoms with E-state index in [1.807, 2.05) is 17.8 Å². The number of aromatic nitrogens is 3. The van der Waals surface area contributed by atoms with Gasteiger partial charge in [-0.15, -0.1) is 0 Å². The first-order chi connectivity index (χ1) is 13.1. The largest absolute Gasteiger partial charge is 0.463 e. The highest BCUT2D eigenvalue weighted by Crippen LogP contribution is 2.28. The predicted molar refractivity (Wildman–Crippen MR) is 96.2 cm³/mol. The summed E-state index contributed by atoms with van der Waals surface area (Å²) in [7, 11) is 3.38. The Morgan fingerprint density at radius 2 is 2.30 bits per heavy atom. The molecule has 3 aromatic rings. The number of aryl methyl sites for hydroxylation is 1. The van der Waals surface area contributed by atoms with E-state index in [9.17, 15) is 9.59 Å². The number of furan rings is 1. The fourth-order valence-electron chi connectivity index (χ4n) is 3.63. The van der Waals surface area contributed by atoms with Crippen molar-refractivity contribution in [1.82, 2.24) is 24.8 Å². The van der Waals surface area contributed by atoms with Crippen LogP contribution in [0.3, 0.4) is 0 Å². The lowest BCUT2D eigenvalue weighted by Crippen LogP contribution is -2.42. The van der Waals surface area contributed by atoms with Crippen LogP contribution in [-0.4, -0.2) is 64.1 Å². The number of aromatic amines is 1. The van der Waals surface area contributed by atoms with Gasteiger partial charge in [-0.1, -0.05) is 0 Å². The molecule has 0 spiro atoms. The van der Waals surface area contributed by atoms with Crippen LogP contribution in [0.15, 0.2) is 35.2 Å². The Labute approximate surface area is 155 Å². The van der Waals surface area contributed by atoms with Gasteiger partial charge in [0, 0.05) is 51.8 Å². The van der Waals surface area contributed by atoms with E-state index in [1.54, 1.807) is 29.5 Å². The Bertz CT molecular complexity index is 943. The maximum absolute atomic E-state index is 13.0. The van der Waals surface area contributed by atoms with Crippen molar-refractivity contribution in [2.45, 2.75) is 12.0 Å². The lowest BCUT2D eigenvalue weighted by atomic mass is 10.0. The summed E-state index contributed by atoms with van der Waals surface area (Å²) in [4.78, 5) is 34.2. The summed E-state index contributed by atoms with van der Waals surface area (Å²) in [5.74, 6) is 0.374. The maximum Gasteiger partial charge on any atom is 0.270 e. The van der Waals surface area contributed by atoms with Crippen LogP contribution in [0, 0.1) is 0 Å². The zero-order chi connectivity index (χ0) is 19.0. The quantitative estimate of drug-likeness (QED) is 0.692. The number of carbonyl (C=O) groups is 2. The van der Waals surface area contributed by atoms with Crippen LogP contribution in [0.2, 0.25) is 0 Å². The number of amides is 2. The predicted octanol–water partition coefficient (Wildman–Crippen LogP) is 0.865. The fraction of sp³-hybridized carbons (Fsp3) is 0.389. The number of carbonyl (C=O) groups excluding carboxylic acids is 2. The first-order valence-electron chi connectivity index (χ1n) is 8.68. The molecular weight excluding hydrogens is 350 g/mol. The number of ether oxygens (including phenoxy) is 1. The van der Waals surface area contributed by atoms with E-state index >= 15 is 0 Å². The maximum atomic E-state index is 13.0. The number of hydrogen-bond acceptors (Lipinski definition) is 5. The normalized spacial score (nSPS) is 19.7. The molecule has 4 heterocycles.